The second kappa shape index (κ2) is 7.96. The smallest absolute Gasteiger partial charge is 0.244 e. The largest absolute Gasteiger partial charge is 0.323 e. The zero-order valence-electron chi connectivity index (χ0n) is 15.5. The predicted molar refractivity (Wildman–Crippen MR) is 113 cm³/mol. The van der Waals surface area contributed by atoms with Gasteiger partial charge in [0.2, 0.25) is 11.8 Å². The molecule has 142 valence electrons. The van der Waals surface area contributed by atoms with E-state index < -0.39 is 6.04 Å². The molecule has 0 fully saturated rings. The van der Waals surface area contributed by atoms with E-state index >= 15 is 0 Å². The normalized spacial score (nSPS) is 15.5. The van der Waals surface area contributed by atoms with Crippen molar-refractivity contribution in [3.05, 3.63) is 82.6 Å². The van der Waals surface area contributed by atoms with E-state index in [-0.39, 0.29) is 24.4 Å². The molecular formula is C22H21N3O2S. The molecule has 6 heteroatoms. The number of thiophene rings is 1. The summed E-state index contributed by atoms with van der Waals surface area (Å²) in [5.41, 5.74) is 2.49. The molecule has 2 heterocycles. The zero-order chi connectivity index (χ0) is 19.5. The molecule has 1 aliphatic rings. The first kappa shape index (κ1) is 18.4. The molecule has 5 nitrogen and oxygen atoms in total. The first-order chi connectivity index (χ1) is 13.6. The van der Waals surface area contributed by atoms with Crippen molar-refractivity contribution < 1.29 is 9.59 Å². The lowest BCUT2D eigenvalue weighted by Crippen LogP contribution is -2.50. The van der Waals surface area contributed by atoms with Crippen LogP contribution in [-0.2, 0) is 9.59 Å². The fourth-order valence-corrected chi connectivity index (χ4v) is 4.24. The molecule has 2 amide bonds. The average Bonchev–Trinajstić information content (AvgIpc) is 3.25. The van der Waals surface area contributed by atoms with Gasteiger partial charge >= 0.3 is 0 Å². The number of nitrogens with one attached hydrogen (secondary N) is 2. The van der Waals surface area contributed by atoms with E-state index in [1.807, 2.05) is 60.8 Å². The van der Waals surface area contributed by atoms with Gasteiger partial charge in [-0.3, -0.25) is 19.8 Å². The topological polar surface area (TPSA) is 61.4 Å². The third-order valence-electron chi connectivity index (χ3n) is 4.78. The van der Waals surface area contributed by atoms with Gasteiger partial charge in [-0.1, -0.05) is 48.5 Å². The first-order valence-corrected chi connectivity index (χ1v) is 10.1. The quantitative estimate of drug-likeness (QED) is 0.695. The van der Waals surface area contributed by atoms with E-state index in [1.54, 1.807) is 16.2 Å². The first-order valence-electron chi connectivity index (χ1n) is 9.18. The van der Waals surface area contributed by atoms with Crippen LogP contribution < -0.4 is 15.5 Å². The number of hydrogen-bond acceptors (Lipinski definition) is 4. The maximum absolute atomic E-state index is 13.2. The maximum atomic E-state index is 13.2. The van der Waals surface area contributed by atoms with Crippen molar-refractivity contribution in [1.29, 1.82) is 0 Å². The molecule has 0 aliphatic carbocycles. The van der Waals surface area contributed by atoms with Crippen LogP contribution in [0.1, 0.15) is 23.4 Å². The highest BCUT2D eigenvalue weighted by atomic mass is 32.1. The van der Waals surface area contributed by atoms with Gasteiger partial charge in [0.1, 0.15) is 6.54 Å². The maximum Gasteiger partial charge on any atom is 0.244 e. The summed E-state index contributed by atoms with van der Waals surface area (Å²) in [7, 11) is 0. The molecule has 0 radical (unpaired) electrons. The highest BCUT2D eigenvalue weighted by Crippen LogP contribution is 2.30. The lowest BCUT2D eigenvalue weighted by atomic mass is 10.0. The Balaban J connectivity index is 1.59. The van der Waals surface area contributed by atoms with Crippen molar-refractivity contribution in [2.75, 3.05) is 16.8 Å². The molecule has 2 N–H and O–H groups in total. The molecule has 3 aromatic rings. The molecule has 2 aromatic carbocycles. The molecule has 0 saturated heterocycles. The van der Waals surface area contributed by atoms with Crippen molar-refractivity contribution >= 4 is 34.5 Å². The van der Waals surface area contributed by atoms with Gasteiger partial charge in [-0.05, 0) is 36.1 Å². The van der Waals surface area contributed by atoms with Gasteiger partial charge in [0, 0.05) is 4.88 Å². The highest BCUT2D eigenvalue weighted by Gasteiger charge is 2.31. The molecule has 28 heavy (non-hydrogen) atoms. The Hall–Kier alpha value is -2.96. The fourth-order valence-electron chi connectivity index (χ4n) is 3.43. The van der Waals surface area contributed by atoms with Crippen LogP contribution in [0.3, 0.4) is 0 Å². The van der Waals surface area contributed by atoms with Gasteiger partial charge in [0.15, 0.2) is 0 Å². The second-order valence-corrected chi connectivity index (χ2v) is 7.72. The van der Waals surface area contributed by atoms with E-state index in [0.29, 0.717) is 5.69 Å². The Morgan fingerprint density at radius 2 is 1.82 bits per heavy atom. The van der Waals surface area contributed by atoms with Crippen LogP contribution in [-0.4, -0.2) is 24.4 Å². The molecule has 0 saturated carbocycles. The Labute approximate surface area is 168 Å². The summed E-state index contributed by atoms with van der Waals surface area (Å²) >= 11 is 1.65. The van der Waals surface area contributed by atoms with Crippen molar-refractivity contribution in [2.45, 2.75) is 19.0 Å². The number of nitrogens with zero attached hydrogens (tertiary/aromatic N) is 1. The number of anilines is 2. The molecule has 1 aliphatic heterocycles. The summed E-state index contributed by atoms with van der Waals surface area (Å²) < 4.78 is 0. The van der Waals surface area contributed by atoms with Crippen LogP contribution in [0.25, 0.3) is 0 Å². The van der Waals surface area contributed by atoms with Crippen molar-refractivity contribution in [1.82, 2.24) is 5.32 Å². The minimum Gasteiger partial charge on any atom is -0.323 e. The molecule has 0 unspecified atom stereocenters. The zero-order valence-corrected chi connectivity index (χ0v) is 16.3. The number of carbonyl (C=O) groups is 2. The Morgan fingerprint density at radius 3 is 2.57 bits per heavy atom. The third-order valence-corrected chi connectivity index (χ3v) is 5.72. The van der Waals surface area contributed by atoms with Crippen molar-refractivity contribution in [3.8, 4) is 0 Å². The summed E-state index contributed by atoms with van der Waals surface area (Å²) in [6.07, 6.45) is 0. The van der Waals surface area contributed by atoms with E-state index in [0.717, 1.165) is 16.1 Å². The monoisotopic (exact) mass is 391 g/mol. The van der Waals surface area contributed by atoms with E-state index in [2.05, 4.69) is 28.8 Å². The van der Waals surface area contributed by atoms with Crippen LogP contribution >= 0.6 is 11.3 Å². The molecule has 4 rings (SSSR count). The van der Waals surface area contributed by atoms with Crippen molar-refractivity contribution in [2.24, 2.45) is 0 Å². The standard InChI is InChI=1S/C22H21N3O2S/c1-15(22(27)25-14-20(26)24-17-10-5-6-11-18(17)25)23-21(19-12-7-13-28-19)16-8-3-2-4-9-16/h2-13,15,21,23H,14H2,1H3,(H,24,26)/t15-,21-/m0/s1. The lowest BCUT2D eigenvalue weighted by molar-refractivity contribution is -0.123. The van der Waals surface area contributed by atoms with E-state index in [4.69, 9.17) is 0 Å². The molecular weight excluding hydrogens is 370 g/mol. The predicted octanol–water partition coefficient (Wildman–Crippen LogP) is 3.80. The van der Waals surface area contributed by atoms with Crippen LogP contribution in [0.5, 0.6) is 0 Å². The molecule has 2 atom stereocenters. The van der Waals surface area contributed by atoms with Gasteiger partial charge in [0.05, 0.1) is 23.5 Å². The third kappa shape index (κ3) is 3.69. The number of para-hydroxylation sites is 2. The van der Waals surface area contributed by atoms with Gasteiger partial charge in [-0.25, -0.2) is 0 Å². The molecule has 0 spiro atoms. The number of rotatable bonds is 5. The van der Waals surface area contributed by atoms with Crippen LogP contribution in [0.2, 0.25) is 0 Å². The molecule has 1 aromatic heterocycles. The minimum absolute atomic E-state index is 0.0247. The second-order valence-electron chi connectivity index (χ2n) is 6.74. The summed E-state index contributed by atoms with van der Waals surface area (Å²) in [6, 6.07) is 21.0. The minimum atomic E-state index is -0.466. The van der Waals surface area contributed by atoms with E-state index in [1.165, 1.54) is 0 Å². The Bertz CT molecular complexity index is 972. The van der Waals surface area contributed by atoms with Crippen LogP contribution in [0.4, 0.5) is 11.4 Å². The highest BCUT2D eigenvalue weighted by molar-refractivity contribution is 7.10. The number of carbonyl (C=O) groups excluding carboxylic acids is 2. The summed E-state index contributed by atoms with van der Waals surface area (Å²) in [5.74, 6) is -0.308. The van der Waals surface area contributed by atoms with Gasteiger partial charge < -0.3 is 5.32 Å². The summed E-state index contributed by atoms with van der Waals surface area (Å²) in [4.78, 5) is 28.0. The Kier molecular flexibility index (Phi) is 5.23. The number of amides is 2. The number of benzene rings is 2. The summed E-state index contributed by atoms with van der Waals surface area (Å²) in [5, 5.41) is 8.32. The SMILES string of the molecule is C[C@H](N[C@@H](c1ccccc1)c1cccs1)C(=O)N1CC(=O)Nc2ccccc21. The van der Waals surface area contributed by atoms with Gasteiger partial charge in [-0.15, -0.1) is 11.3 Å². The Morgan fingerprint density at radius 1 is 1.07 bits per heavy atom. The van der Waals surface area contributed by atoms with Crippen LogP contribution in [0.15, 0.2) is 72.1 Å². The van der Waals surface area contributed by atoms with E-state index in [9.17, 15) is 9.59 Å². The average molecular weight is 391 g/mol. The van der Waals surface area contributed by atoms with Gasteiger partial charge in [-0.2, -0.15) is 0 Å². The fraction of sp³-hybridized carbons (Fsp3) is 0.182. The van der Waals surface area contributed by atoms with Gasteiger partial charge in [0.25, 0.3) is 0 Å². The van der Waals surface area contributed by atoms with Crippen molar-refractivity contribution in [3.63, 3.8) is 0 Å². The van der Waals surface area contributed by atoms with Crippen LogP contribution in [0, 0.1) is 0 Å². The lowest BCUT2D eigenvalue weighted by Gasteiger charge is -2.32. The summed E-state index contributed by atoms with van der Waals surface area (Å²) in [6.45, 7) is 1.87. The number of hydrogen-bond donors (Lipinski definition) is 2. The number of fused-ring (bicyclic) bond motifs is 1. The molecule has 0 bridgehead atoms.